The molecule has 0 radical (unpaired) electrons. The summed E-state index contributed by atoms with van der Waals surface area (Å²) in [5.41, 5.74) is 9.37. The quantitative estimate of drug-likeness (QED) is 0.768. The van der Waals surface area contributed by atoms with Crippen molar-refractivity contribution in [3.8, 4) is 11.1 Å². The van der Waals surface area contributed by atoms with Gasteiger partial charge in [-0.25, -0.2) is 0 Å². The van der Waals surface area contributed by atoms with Gasteiger partial charge in [0.05, 0.1) is 18.8 Å². The first kappa shape index (κ1) is 15.5. The molecular weight excluding hydrogens is 314 g/mol. The lowest BCUT2D eigenvalue weighted by molar-refractivity contribution is 0.282. The van der Waals surface area contributed by atoms with Gasteiger partial charge in [0.25, 0.3) is 0 Å². The van der Waals surface area contributed by atoms with Crippen LogP contribution in [0.1, 0.15) is 24.1 Å². The molecule has 3 N–H and O–H groups in total. The molecule has 1 unspecified atom stereocenters. The number of halogens is 1. The summed E-state index contributed by atoms with van der Waals surface area (Å²) in [4.78, 5) is 0. The number of nitrogen functional groups attached to an aromatic ring is 1. The van der Waals surface area contributed by atoms with E-state index in [1.165, 1.54) is 0 Å². The second-order valence-corrected chi connectivity index (χ2v) is 5.64. The van der Waals surface area contributed by atoms with Gasteiger partial charge in [-0.3, -0.25) is 4.68 Å². The zero-order valence-electron chi connectivity index (χ0n) is 12.5. The van der Waals surface area contributed by atoms with Crippen LogP contribution in [0.3, 0.4) is 0 Å². The zero-order valence-corrected chi connectivity index (χ0v) is 13.3. The van der Waals surface area contributed by atoms with E-state index in [0.29, 0.717) is 11.4 Å². The second-order valence-electron chi connectivity index (χ2n) is 5.25. The first-order chi connectivity index (χ1) is 11.1. The summed E-state index contributed by atoms with van der Waals surface area (Å²) < 4.78 is 1.84. The van der Waals surface area contributed by atoms with Crippen molar-refractivity contribution in [3.63, 3.8) is 0 Å². The number of hydrogen-bond acceptors (Lipinski definition) is 5. The molecule has 2 aromatic heterocycles. The lowest BCUT2D eigenvalue weighted by atomic mass is 10.1. The molecule has 0 aliphatic carbocycles. The monoisotopic (exact) mass is 329 g/mol. The number of hydrogen-bond donors (Lipinski definition) is 2. The van der Waals surface area contributed by atoms with E-state index in [0.717, 1.165) is 16.7 Å². The lowest BCUT2D eigenvalue weighted by Gasteiger charge is -2.13. The van der Waals surface area contributed by atoms with E-state index in [9.17, 15) is 0 Å². The van der Waals surface area contributed by atoms with Crippen molar-refractivity contribution >= 4 is 17.4 Å². The summed E-state index contributed by atoms with van der Waals surface area (Å²) >= 11 is 5.88. The van der Waals surface area contributed by atoms with Crippen molar-refractivity contribution in [1.82, 2.24) is 20.0 Å². The summed E-state index contributed by atoms with van der Waals surface area (Å²) in [7, 11) is 0. The van der Waals surface area contributed by atoms with Gasteiger partial charge in [-0.15, -0.1) is 10.2 Å². The third kappa shape index (κ3) is 3.18. The number of aliphatic hydroxyl groups excluding tert-OH is 1. The van der Waals surface area contributed by atoms with E-state index in [2.05, 4.69) is 15.3 Å². The van der Waals surface area contributed by atoms with Crippen LogP contribution in [0.25, 0.3) is 11.1 Å². The van der Waals surface area contributed by atoms with Crippen LogP contribution in [0.2, 0.25) is 5.15 Å². The molecule has 0 amide bonds. The molecule has 6 nitrogen and oxygen atoms in total. The van der Waals surface area contributed by atoms with Crippen LogP contribution < -0.4 is 5.73 Å². The molecule has 1 aromatic carbocycles. The van der Waals surface area contributed by atoms with Gasteiger partial charge < -0.3 is 10.8 Å². The summed E-state index contributed by atoms with van der Waals surface area (Å²) in [6.07, 6.45) is 3.62. The minimum Gasteiger partial charge on any atom is -0.392 e. The van der Waals surface area contributed by atoms with Gasteiger partial charge in [-0.05, 0) is 24.1 Å². The Morgan fingerprint density at radius 2 is 2.00 bits per heavy atom. The van der Waals surface area contributed by atoms with E-state index in [4.69, 9.17) is 22.4 Å². The summed E-state index contributed by atoms with van der Waals surface area (Å²) in [6.45, 7) is 2.08. The Hall–Kier alpha value is -2.44. The average Bonchev–Trinajstić information content (AvgIpc) is 3.06. The molecule has 0 aliphatic rings. The van der Waals surface area contributed by atoms with Gasteiger partial charge in [0.1, 0.15) is 0 Å². The Morgan fingerprint density at radius 3 is 2.70 bits per heavy atom. The standard InChI is InChI=1S/C16H16ClN5O/c1-10(12-4-2-11(9-23)3-5-12)22-8-13(7-19-22)14-6-15(17)20-21-16(14)18/h2-8,10,23H,9H2,1H3,(H2,18,21). The molecule has 0 aliphatic heterocycles. The molecule has 118 valence electrons. The minimum absolute atomic E-state index is 0.0374. The number of aromatic nitrogens is 4. The largest absolute Gasteiger partial charge is 0.392 e. The Balaban J connectivity index is 1.90. The molecule has 0 fully saturated rings. The summed E-state index contributed by atoms with van der Waals surface area (Å²) in [6, 6.07) is 9.49. The molecule has 3 rings (SSSR count). The van der Waals surface area contributed by atoms with Gasteiger partial charge in [0, 0.05) is 17.3 Å². The maximum Gasteiger partial charge on any atom is 0.154 e. The normalized spacial score (nSPS) is 12.3. The van der Waals surface area contributed by atoms with Gasteiger partial charge >= 0.3 is 0 Å². The van der Waals surface area contributed by atoms with Crippen LogP contribution in [0, 0.1) is 0 Å². The van der Waals surface area contributed by atoms with E-state index in [-0.39, 0.29) is 17.8 Å². The number of benzene rings is 1. The molecule has 0 saturated heterocycles. The first-order valence-corrected chi connectivity index (χ1v) is 7.49. The van der Waals surface area contributed by atoms with E-state index in [1.54, 1.807) is 12.3 Å². The highest BCUT2D eigenvalue weighted by molar-refractivity contribution is 6.29. The third-order valence-electron chi connectivity index (χ3n) is 3.75. The topological polar surface area (TPSA) is 89.8 Å². The molecule has 7 heteroatoms. The molecule has 0 bridgehead atoms. The Kier molecular flexibility index (Phi) is 4.27. The highest BCUT2D eigenvalue weighted by Crippen LogP contribution is 2.27. The second kappa shape index (κ2) is 6.36. The first-order valence-electron chi connectivity index (χ1n) is 7.11. The fourth-order valence-electron chi connectivity index (χ4n) is 2.35. The highest BCUT2D eigenvalue weighted by atomic mass is 35.5. The van der Waals surface area contributed by atoms with Gasteiger partial charge in [0.15, 0.2) is 11.0 Å². The van der Waals surface area contributed by atoms with Crippen LogP contribution in [-0.2, 0) is 6.61 Å². The maximum atomic E-state index is 9.11. The van der Waals surface area contributed by atoms with E-state index in [1.807, 2.05) is 42.1 Å². The number of nitrogens with two attached hydrogens (primary N) is 1. The van der Waals surface area contributed by atoms with E-state index < -0.39 is 0 Å². The Labute approximate surface area is 138 Å². The molecule has 3 aromatic rings. The van der Waals surface area contributed by atoms with E-state index >= 15 is 0 Å². The predicted molar refractivity (Wildman–Crippen MR) is 88.9 cm³/mol. The molecule has 2 heterocycles. The van der Waals surface area contributed by atoms with Gasteiger partial charge in [-0.2, -0.15) is 5.10 Å². The number of anilines is 1. The minimum atomic E-state index is 0.0374. The van der Waals surface area contributed by atoms with Crippen LogP contribution in [0.4, 0.5) is 5.82 Å². The Morgan fingerprint density at radius 1 is 1.26 bits per heavy atom. The predicted octanol–water partition coefficient (Wildman–Crippen LogP) is 2.68. The zero-order chi connectivity index (χ0) is 16.4. The molecule has 0 spiro atoms. The van der Waals surface area contributed by atoms with Crippen LogP contribution in [0.5, 0.6) is 0 Å². The number of rotatable bonds is 4. The molecule has 1 atom stereocenters. The summed E-state index contributed by atoms with van der Waals surface area (Å²) in [5.74, 6) is 0.314. The smallest absolute Gasteiger partial charge is 0.154 e. The molecule has 23 heavy (non-hydrogen) atoms. The van der Waals surface area contributed by atoms with Crippen molar-refractivity contribution < 1.29 is 5.11 Å². The highest BCUT2D eigenvalue weighted by Gasteiger charge is 2.13. The Bertz CT molecular complexity index is 816. The number of aliphatic hydroxyl groups is 1. The van der Waals surface area contributed by atoms with Crippen LogP contribution in [-0.4, -0.2) is 25.1 Å². The van der Waals surface area contributed by atoms with Crippen LogP contribution >= 0.6 is 11.6 Å². The van der Waals surface area contributed by atoms with Gasteiger partial charge in [-0.1, -0.05) is 35.9 Å². The fraction of sp³-hybridized carbons (Fsp3) is 0.188. The average molecular weight is 330 g/mol. The van der Waals surface area contributed by atoms with Crippen molar-refractivity contribution in [2.45, 2.75) is 19.6 Å². The van der Waals surface area contributed by atoms with Crippen molar-refractivity contribution in [3.05, 3.63) is 59.0 Å². The molecule has 0 saturated carbocycles. The fourth-order valence-corrected chi connectivity index (χ4v) is 2.50. The SMILES string of the molecule is CC(c1ccc(CO)cc1)n1cc(-c2cc(Cl)nnc2N)cn1. The van der Waals surface area contributed by atoms with Crippen molar-refractivity contribution in [2.24, 2.45) is 0 Å². The molecular formula is C16H16ClN5O. The van der Waals surface area contributed by atoms with Crippen molar-refractivity contribution in [2.75, 3.05) is 5.73 Å². The summed E-state index contributed by atoms with van der Waals surface area (Å²) in [5, 5.41) is 21.3. The van der Waals surface area contributed by atoms with Crippen LogP contribution in [0.15, 0.2) is 42.7 Å². The maximum absolute atomic E-state index is 9.11. The van der Waals surface area contributed by atoms with Gasteiger partial charge in [0.2, 0.25) is 0 Å². The third-order valence-corrected chi connectivity index (χ3v) is 3.93. The van der Waals surface area contributed by atoms with Crippen molar-refractivity contribution in [1.29, 1.82) is 0 Å². The lowest BCUT2D eigenvalue weighted by Crippen LogP contribution is -2.07. The number of nitrogens with zero attached hydrogens (tertiary/aromatic N) is 4.